The molecule has 4 N–H and O–H groups in total. The smallest absolute Gasteiger partial charge is 0.237 e. The van der Waals surface area contributed by atoms with Crippen molar-refractivity contribution in [2.24, 2.45) is 5.73 Å². The van der Waals surface area contributed by atoms with E-state index in [-0.39, 0.29) is 24.8 Å². The lowest BCUT2D eigenvalue weighted by molar-refractivity contribution is -0.134. The second-order valence-corrected chi connectivity index (χ2v) is 5.58. The Morgan fingerprint density at radius 2 is 2.25 bits per heavy atom. The molecule has 1 saturated heterocycles. The van der Waals surface area contributed by atoms with Crippen LogP contribution in [0.5, 0.6) is 5.75 Å². The Balaban J connectivity index is 2.03. The molecule has 8 heteroatoms. The van der Waals surface area contributed by atoms with Gasteiger partial charge in [0.15, 0.2) is 0 Å². The van der Waals surface area contributed by atoms with Crippen LogP contribution in [0.15, 0.2) is 24.3 Å². The monoisotopic (exact) mass is 334 g/mol. The fourth-order valence-electron chi connectivity index (χ4n) is 2.61. The maximum atomic E-state index is 12.1. The summed E-state index contributed by atoms with van der Waals surface area (Å²) in [6.45, 7) is 1.46. The number of piperazine rings is 1. The summed E-state index contributed by atoms with van der Waals surface area (Å²) >= 11 is 0. The Morgan fingerprint density at radius 1 is 1.46 bits per heavy atom. The van der Waals surface area contributed by atoms with E-state index in [2.05, 4.69) is 10.6 Å². The number of nitrogens with one attached hydrogen (secondary N) is 2. The average Bonchev–Trinajstić information content (AvgIpc) is 2.56. The topological polar surface area (TPSA) is 114 Å². The maximum Gasteiger partial charge on any atom is 0.237 e. The number of methoxy groups -OCH3 is 1. The molecule has 3 amide bonds. The second kappa shape index (κ2) is 8.30. The second-order valence-electron chi connectivity index (χ2n) is 5.58. The fourth-order valence-corrected chi connectivity index (χ4v) is 2.61. The molecule has 0 bridgehead atoms. The van der Waals surface area contributed by atoms with Gasteiger partial charge in [0, 0.05) is 19.6 Å². The molecule has 1 aliphatic heterocycles. The van der Waals surface area contributed by atoms with Gasteiger partial charge in [-0.15, -0.1) is 0 Å². The van der Waals surface area contributed by atoms with E-state index in [1.54, 1.807) is 7.11 Å². The van der Waals surface area contributed by atoms with E-state index in [1.165, 1.54) is 0 Å². The van der Waals surface area contributed by atoms with Gasteiger partial charge in [-0.25, -0.2) is 0 Å². The summed E-state index contributed by atoms with van der Waals surface area (Å²) < 4.78 is 5.21. The lowest BCUT2D eigenvalue weighted by atomic mass is 10.1. The quantitative estimate of drug-likeness (QED) is 0.591. The highest BCUT2D eigenvalue weighted by Crippen LogP contribution is 2.17. The molecule has 0 aliphatic carbocycles. The van der Waals surface area contributed by atoms with Gasteiger partial charge in [0.2, 0.25) is 17.7 Å². The van der Waals surface area contributed by atoms with Crippen LogP contribution in [0, 0.1) is 0 Å². The minimum atomic E-state index is -0.621. The van der Waals surface area contributed by atoms with Crippen molar-refractivity contribution in [3.8, 4) is 5.75 Å². The first-order valence-electron chi connectivity index (χ1n) is 7.69. The van der Waals surface area contributed by atoms with Crippen molar-refractivity contribution in [2.75, 3.05) is 26.7 Å². The van der Waals surface area contributed by atoms with Gasteiger partial charge in [-0.2, -0.15) is 0 Å². The molecule has 2 rings (SSSR count). The van der Waals surface area contributed by atoms with Crippen LogP contribution in [0.4, 0.5) is 0 Å². The van der Waals surface area contributed by atoms with E-state index >= 15 is 0 Å². The van der Waals surface area contributed by atoms with Crippen molar-refractivity contribution in [2.45, 2.75) is 19.0 Å². The molecular formula is C16H22N4O4. The van der Waals surface area contributed by atoms with Gasteiger partial charge in [0.05, 0.1) is 26.1 Å². The Labute approximate surface area is 140 Å². The predicted octanol–water partition coefficient (Wildman–Crippen LogP) is -1.01. The number of hydrogen-bond donors (Lipinski definition) is 3. The van der Waals surface area contributed by atoms with E-state index in [9.17, 15) is 14.4 Å². The van der Waals surface area contributed by atoms with Crippen molar-refractivity contribution in [1.29, 1.82) is 0 Å². The molecule has 0 spiro atoms. The average molecular weight is 334 g/mol. The van der Waals surface area contributed by atoms with Crippen LogP contribution in [0.2, 0.25) is 0 Å². The molecule has 1 atom stereocenters. The molecule has 1 aromatic carbocycles. The zero-order valence-corrected chi connectivity index (χ0v) is 13.6. The van der Waals surface area contributed by atoms with Crippen LogP contribution in [-0.2, 0) is 20.9 Å². The number of benzene rings is 1. The Hall–Kier alpha value is -2.61. The third-order valence-electron chi connectivity index (χ3n) is 3.80. The number of carbonyl (C=O) groups is 3. The number of carbonyl (C=O) groups excluding carboxylic acids is 3. The number of ether oxygens (including phenoxy) is 1. The summed E-state index contributed by atoms with van der Waals surface area (Å²) in [5, 5.41) is 5.18. The molecule has 0 aromatic heterocycles. The summed E-state index contributed by atoms with van der Waals surface area (Å²) in [4.78, 5) is 36.7. The zero-order chi connectivity index (χ0) is 17.5. The van der Waals surface area contributed by atoms with E-state index in [0.717, 1.165) is 11.3 Å². The number of rotatable bonds is 7. The lowest BCUT2D eigenvalue weighted by Gasteiger charge is -2.34. The molecule has 24 heavy (non-hydrogen) atoms. The first-order chi connectivity index (χ1) is 11.5. The first-order valence-corrected chi connectivity index (χ1v) is 7.69. The third kappa shape index (κ3) is 4.95. The van der Waals surface area contributed by atoms with Gasteiger partial charge in [0.1, 0.15) is 5.75 Å². The summed E-state index contributed by atoms with van der Waals surface area (Å²) in [5.74, 6) is -0.459. The first kappa shape index (κ1) is 17.7. The predicted molar refractivity (Wildman–Crippen MR) is 87.0 cm³/mol. The summed E-state index contributed by atoms with van der Waals surface area (Å²) in [7, 11) is 1.60. The normalized spacial score (nSPS) is 17.9. The van der Waals surface area contributed by atoms with Crippen molar-refractivity contribution >= 4 is 17.7 Å². The molecule has 1 aliphatic rings. The Morgan fingerprint density at radius 3 is 2.96 bits per heavy atom. The highest BCUT2D eigenvalue weighted by molar-refractivity contribution is 5.90. The lowest BCUT2D eigenvalue weighted by Crippen LogP contribution is -2.56. The van der Waals surface area contributed by atoms with Crippen LogP contribution in [-0.4, -0.2) is 55.4 Å². The van der Waals surface area contributed by atoms with Gasteiger partial charge in [-0.3, -0.25) is 19.3 Å². The molecule has 1 aromatic rings. The van der Waals surface area contributed by atoms with Crippen LogP contribution in [0.1, 0.15) is 12.0 Å². The Kier molecular flexibility index (Phi) is 6.14. The zero-order valence-electron chi connectivity index (χ0n) is 13.6. The number of primary amides is 1. The molecule has 1 heterocycles. The minimum absolute atomic E-state index is 0.0247. The SMILES string of the molecule is COc1cccc(CN2CCNC(=O)[C@H]2CC(=O)NCC(N)=O)c1. The number of nitrogens with two attached hydrogens (primary N) is 1. The van der Waals surface area contributed by atoms with E-state index in [1.807, 2.05) is 29.2 Å². The summed E-state index contributed by atoms with van der Waals surface area (Å²) in [6.07, 6.45) is -0.0247. The number of amides is 3. The molecule has 130 valence electrons. The number of hydrogen-bond acceptors (Lipinski definition) is 5. The highest BCUT2D eigenvalue weighted by Gasteiger charge is 2.31. The van der Waals surface area contributed by atoms with Crippen LogP contribution in [0.25, 0.3) is 0 Å². The molecule has 8 nitrogen and oxygen atoms in total. The van der Waals surface area contributed by atoms with E-state index in [4.69, 9.17) is 10.5 Å². The van der Waals surface area contributed by atoms with Crippen molar-refractivity contribution in [1.82, 2.24) is 15.5 Å². The largest absolute Gasteiger partial charge is 0.497 e. The van der Waals surface area contributed by atoms with Gasteiger partial charge < -0.3 is 21.1 Å². The highest BCUT2D eigenvalue weighted by atomic mass is 16.5. The van der Waals surface area contributed by atoms with Crippen LogP contribution >= 0.6 is 0 Å². The van der Waals surface area contributed by atoms with E-state index in [0.29, 0.717) is 19.6 Å². The molecule has 1 fully saturated rings. The standard InChI is InChI=1S/C16H22N4O4/c1-24-12-4-2-3-11(7-12)10-20-6-5-18-16(23)13(20)8-15(22)19-9-14(17)21/h2-4,7,13H,5-6,8-10H2,1H3,(H2,17,21)(H,18,23)(H,19,22)/t13-/m1/s1. The summed E-state index contributed by atoms with van der Waals surface area (Å²) in [6, 6.07) is 6.99. The minimum Gasteiger partial charge on any atom is -0.497 e. The van der Waals surface area contributed by atoms with Gasteiger partial charge in [0.25, 0.3) is 0 Å². The van der Waals surface area contributed by atoms with Gasteiger partial charge >= 0.3 is 0 Å². The fraction of sp³-hybridized carbons (Fsp3) is 0.438. The number of nitrogens with zero attached hydrogens (tertiary/aromatic N) is 1. The van der Waals surface area contributed by atoms with Crippen LogP contribution < -0.4 is 21.1 Å². The Bertz CT molecular complexity index is 620. The van der Waals surface area contributed by atoms with Gasteiger partial charge in [-0.05, 0) is 17.7 Å². The van der Waals surface area contributed by atoms with Crippen molar-refractivity contribution < 1.29 is 19.1 Å². The van der Waals surface area contributed by atoms with Gasteiger partial charge in [-0.1, -0.05) is 12.1 Å². The molecule has 0 unspecified atom stereocenters. The van der Waals surface area contributed by atoms with E-state index < -0.39 is 11.9 Å². The molecule has 0 saturated carbocycles. The van der Waals surface area contributed by atoms with Crippen LogP contribution in [0.3, 0.4) is 0 Å². The molecule has 0 radical (unpaired) electrons. The molecular weight excluding hydrogens is 312 g/mol. The maximum absolute atomic E-state index is 12.1. The van der Waals surface area contributed by atoms with Crippen molar-refractivity contribution in [3.63, 3.8) is 0 Å². The van der Waals surface area contributed by atoms with Crippen molar-refractivity contribution in [3.05, 3.63) is 29.8 Å². The summed E-state index contributed by atoms with van der Waals surface area (Å²) in [5.41, 5.74) is 6.00. The third-order valence-corrected chi connectivity index (χ3v) is 3.80.